The summed E-state index contributed by atoms with van der Waals surface area (Å²) in [6, 6.07) is 4.55. The van der Waals surface area contributed by atoms with Gasteiger partial charge in [-0.05, 0) is 18.1 Å². The van der Waals surface area contributed by atoms with Gasteiger partial charge in [-0.1, -0.05) is 0 Å². The molecule has 0 N–H and O–H groups in total. The Morgan fingerprint density at radius 2 is 2.29 bits per heavy atom. The molecule has 4 nitrogen and oxygen atoms in total. The third-order valence-corrected chi connectivity index (χ3v) is 2.19. The predicted molar refractivity (Wildman–Crippen MR) is 52.1 cm³/mol. The van der Waals surface area contributed by atoms with E-state index in [1.54, 1.807) is 6.92 Å². The Balaban J connectivity index is 3.41. The minimum Gasteiger partial charge on any atom is -0.258 e. The van der Waals surface area contributed by atoms with E-state index >= 15 is 0 Å². The number of halogens is 1. The molecule has 0 bridgehead atoms. The quantitative estimate of drug-likeness (QED) is 0.428. The van der Waals surface area contributed by atoms with Crippen molar-refractivity contribution in [1.82, 2.24) is 0 Å². The topological polar surface area (TPSA) is 66.9 Å². The Bertz CT molecular complexity index is 424. The number of non-ortho nitro benzene ring substituents is 1. The normalized spacial score (nSPS) is 9.50. The van der Waals surface area contributed by atoms with Gasteiger partial charge in [0.2, 0.25) is 0 Å². The molecule has 0 aromatic heterocycles. The van der Waals surface area contributed by atoms with E-state index in [1.165, 1.54) is 12.1 Å². The highest BCUT2D eigenvalue weighted by atomic mass is 35.5. The monoisotopic (exact) mass is 210 g/mol. The van der Waals surface area contributed by atoms with Crippen LogP contribution in [-0.4, -0.2) is 4.92 Å². The van der Waals surface area contributed by atoms with E-state index in [4.69, 9.17) is 16.9 Å². The summed E-state index contributed by atoms with van der Waals surface area (Å²) in [5.74, 6) is 0.187. The van der Waals surface area contributed by atoms with Crippen LogP contribution in [0.15, 0.2) is 12.1 Å². The summed E-state index contributed by atoms with van der Waals surface area (Å²) in [6.45, 7) is 1.70. The van der Waals surface area contributed by atoms with E-state index in [0.29, 0.717) is 11.1 Å². The second-order valence-electron chi connectivity index (χ2n) is 2.79. The van der Waals surface area contributed by atoms with Crippen LogP contribution in [0.4, 0.5) is 5.69 Å². The van der Waals surface area contributed by atoms with Gasteiger partial charge >= 0.3 is 0 Å². The average Bonchev–Trinajstić information content (AvgIpc) is 2.16. The van der Waals surface area contributed by atoms with Crippen LogP contribution in [0.25, 0.3) is 0 Å². The molecule has 1 rings (SSSR count). The minimum absolute atomic E-state index is 0.0760. The molecule has 0 amide bonds. The van der Waals surface area contributed by atoms with Gasteiger partial charge in [-0.2, -0.15) is 5.26 Å². The van der Waals surface area contributed by atoms with Crippen molar-refractivity contribution in [2.45, 2.75) is 12.8 Å². The van der Waals surface area contributed by atoms with Gasteiger partial charge in [-0.15, -0.1) is 11.6 Å². The fraction of sp³-hybridized carbons (Fsp3) is 0.222. The van der Waals surface area contributed by atoms with Crippen LogP contribution < -0.4 is 0 Å². The van der Waals surface area contributed by atoms with Gasteiger partial charge < -0.3 is 0 Å². The zero-order valence-corrected chi connectivity index (χ0v) is 8.21. The van der Waals surface area contributed by atoms with Crippen molar-refractivity contribution in [1.29, 1.82) is 5.26 Å². The number of rotatable bonds is 2. The number of hydrogen-bond acceptors (Lipinski definition) is 3. The van der Waals surface area contributed by atoms with Crippen LogP contribution >= 0.6 is 11.6 Å². The summed E-state index contributed by atoms with van der Waals surface area (Å²) in [5, 5.41) is 19.2. The first kappa shape index (κ1) is 10.5. The van der Waals surface area contributed by atoms with Gasteiger partial charge in [-0.25, -0.2) is 0 Å². The highest BCUT2D eigenvalue weighted by Crippen LogP contribution is 2.22. The lowest BCUT2D eigenvalue weighted by Crippen LogP contribution is -1.95. The van der Waals surface area contributed by atoms with E-state index in [2.05, 4.69) is 0 Å². The standard InChI is InChI=1S/C9H7ClN2O2/c1-6-2-8(12(13)14)3-7(5-11)9(6)4-10/h2-3H,4H2,1H3. The van der Waals surface area contributed by atoms with Crippen molar-refractivity contribution in [3.8, 4) is 6.07 Å². The maximum absolute atomic E-state index is 10.5. The SMILES string of the molecule is Cc1cc([N+](=O)[O-])cc(C#N)c1CCl. The van der Waals surface area contributed by atoms with Gasteiger partial charge in [0.1, 0.15) is 0 Å². The van der Waals surface area contributed by atoms with Crippen molar-refractivity contribution in [2.24, 2.45) is 0 Å². The Hall–Kier alpha value is -1.60. The molecular formula is C9H7ClN2O2. The lowest BCUT2D eigenvalue weighted by Gasteiger charge is -2.03. The van der Waals surface area contributed by atoms with E-state index in [0.717, 1.165) is 0 Å². The summed E-state index contributed by atoms with van der Waals surface area (Å²) in [6.07, 6.45) is 0. The molecule has 0 spiro atoms. The molecule has 0 heterocycles. The zero-order valence-electron chi connectivity index (χ0n) is 7.45. The van der Waals surface area contributed by atoms with Crippen LogP contribution in [0.3, 0.4) is 0 Å². The number of alkyl halides is 1. The van der Waals surface area contributed by atoms with Crippen molar-refractivity contribution in [3.63, 3.8) is 0 Å². The maximum Gasteiger partial charge on any atom is 0.271 e. The summed E-state index contributed by atoms with van der Waals surface area (Å²) >= 11 is 5.63. The molecule has 0 radical (unpaired) electrons. The summed E-state index contributed by atoms with van der Waals surface area (Å²) in [5.41, 5.74) is 1.52. The third-order valence-electron chi connectivity index (χ3n) is 1.92. The maximum atomic E-state index is 10.5. The number of aryl methyl sites for hydroxylation is 1. The highest BCUT2D eigenvalue weighted by Gasteiger charge is 2.13. The number of nitro groups is 1. The number of nitrogens with zero attached hydrogens (tertiary/aromatic N) is 2. The summed E-state index contributed by atoms with van der Waals surface area (Å²) < 4.78 is 0. The lowest BCUT2D eigenvalue weighted by atomic mass is 10.0. The van der Waals surface area contributed by atoms with Crippen LogP contribution in [0, 0.1) is 28.4 Å². The first-order chi connectivity index (χ1) is 6.60. The molecule has 0 aliphatic carbocycles. The van der Waals surface area contributed by atoms with Crippen molar-refractivity contribution in [3.05, 3.63) is 38.9 Å². The molecule has 1 aromatic carbocycles. The highest BCUT2D eigenvalue weighted by molar-refractivity contribution is 6.17. The van der Waals surface area contributed by atoms with Crippen LogP contribution in [-0.2, 0) is 5.88 Å². The molecule has 72 valence electrons. The van der Waals surface area contributed by atoms with Crippen LogP contribution in [0.2, 0.25) is 0 Å². The van der Waals surface area contributed by atoms with E-state index in [1.807, 2.05) is 6.07 Å². The predicted octanol–water partition coefficient (Wildman–Crippen LogP) is 2.51. The van der Waals surface area contributed by atoms with E-state index < -0.39 is 4.92 Å². The molecule has 1 aromatic rings. The fourth-order valence-corrected chi connectivity index (χ4v) is 1.54. The van der Waals surface area contributed by atoms with Crippen LogP contribution in [0.1, 0.15) is 16.7 Å². The second kappa shape index (κ2) is 4.07. The Kier molecular flexibility index (Phi) is 3.05. The van der Waals surface area contributed by atoms with E-state index in [-0.39, 0.29) is 17.1 Å². The number of nitriles is 1. The van der Waals surface area contributed by atoms with Gasteiger partial charge in [0.15, 0.2) is 0 Å². The number of nitro benzene ring substituents is 1. The smallest absolute Gasteiger partial charge is 0.258 e. The first-order valence-corrected chi connectivity index (χ1v) is 4.37. The Morgan fingerprint density at radius 1 is 1.64 bits per heavy atom. The molecule has 0 saturated carbocycles. The third kappa shape index (κ3) is 1.83. The second-order valence-corrected chi connectivity index (χ2v) is 3.06. The Labute approximate surface area is 85.9 Å². The molecule has 0 unspecified atom stereocenters. The van der Waals surface area contributed by atoms with Gasteiger partial charge in [0, 0.05) is 18.0 Å². The number of hydrogen-bond donors (Lipinski definition) is 0. The molecule has 0 atom stereocenters. The molecule has 0 aliphatic heterocycles. The zero-order chi connectivity index (χ0) is 10.7. The molecule has 0 aliphatic rings. The average molecular weight is 211 g/mol. The van der Waals surface area contributed by atoms with Gasteiger partial charge in [-0.3, -0.25) is 10.1 Å². The van der Waals surface area contributed by atoms with Crippen molar-refractivity contribution < 1.29 is 4.92 Å². The van der Waals surface area contributed by atoms with E-state index in [9.17, 15) is 10.1 Å². The molecule has 5 heteroatoms. The molecule has 0 saturated heterocycles. The van der Waals surface area contributed by atoms with Crippen molar-refractivity contribution in [2.75, 3.05) is 0 Å². The fourth-order valence-electron chi connectivity index (χ4n) is 1.18. The molecule has 14 heavy (non-hydrogen) atoms. The van der Waals surface area contributed by atoms with Gasteiger partial charge in [0.25, 0.3) is 5.69 Å². The van der Waals surface area contributed by atoms with Crippen molar-refractivity contribution >= 4 is 17.3 Å². The lowest BCUT2D eigenvalue weighted by molar-refractivity contribution is -0.384. The van der Waals surface area contributed by atoms with Crippen LogP contribution in [0.5, 0.6) is 0 Å². The summed E-state index contributed by atoms with van der Waals surface area (Å²) in [7, 11) is 0. The first-order valence-electron chi connectivity index (χ1n) is 3.84. The van der Waals surface area contributed by atoms with Gasteiger partial charge in [0.05, 0.1) is 16.6 Å². The minimum atomic E-state index is -0.522. The molecular weight excluding hydrogens is 204 g/mol. The molecule has 0 fully saturated rings. The number of benzene rings is 1. The summed E-state index contributed by atoms with van der Waals surface area (Å²) in [4.78, 5) is 9.96. The Morgan fingerprint density at radius 3 is 2.71 bits per heavy atom. The largest absolute Gasteiger partial charge is 0.271 e.